The van der Waals surface area contributed by atoms with E-state index >= 15 is 0 Å². The minimum atomic E-state index is -0.582. The summed E-state index contributed by atoms with van der Waals surface area (Å²) in [6, 6.07) is 3.08. The molecular formula is C21H31FN4O3. The van der Waals surface area contributed by atoms with Crippen LogP contribution in [0, 0.1) is 23.1 Å². The van der Waals surface area contributed by atoms with Gasteiger partial charge in [-0.2, -0.15) is 10.2 Å². The minimum Gasteiger partial charge on any atom is -0.476 e. The molecule has 1 aromatic rings. The zero-order valence-corrected chi connectivity index (χ0v) is 17.8. The van der Waals surface area contributed by atoms with Crippen LogP contribution in [0.4, 0.5) is 15.0 Å². The highest BCUT2D eigenvalue weighted by molar-refractivity contribution is 5.68. The second-order valence-electron chi connectivity index (χ2n) is 8.89. The summed E-state index contributed by atoms with van der Waals surface area (Å²) in [5.41, 5.74) is -0.264. The third-order valence-electron chi connectivity index (χ3n) is 4.38. The molecular weight excluding hydrogens is 375 g/mol. The molecule has 8 heteroatoms. The smallest absolute Gasteiger partial charge is 0.407 e. The molecule has 29 heavy (non-hydrogen) atoms. The van der Waals surface area contributed by atoms with Crippen LogP contribution in [0.2, 0.25) is 0 Å². The number of aromatic nitrogens is 1. The highest BCUT2D eigenvalue weighted by Crippen LogP contribution is 2.27. The van der Waals surface area contributed by atoms with Crippen molar-refractivity contribution >= 4 is 11.9 Å². The Morgan fingerprint density at radius 3 is 2.55 bits per heavy atom. The van der Waals surface area contributed by atoms with E-state index in [4.69, 9.17) is 9.47 Å². The van der Waals surface area contributed by atoms with Crippen molar-refractivity contribution < 1.29 is 18.7 Å². The predicted octanol–water partition coefficient (Wildman–Crippen LogP) is 4.37. The number of halogens is 1. The van der Waals surface area contributed by atoms with Gasteiger partial charge in [-0.1, -0.05) is 13.8 Å². The summed E-state index contributed by atoms with van der Waals surface area (Å²) in [6.07, 6.45) is 2.24. The average molecular weight is 407 g/mol. The van der Waals surface area contributed by atoms with Crippen molar-refractivity contribution in [2.45, 2.75) is 78.0 Å². The molecule has 1 amide bonds. The van der Waals surface area contributed by atoms with Crippen molar-refractivity contribution in [2.75, 3.05) is 11.9 Å². The first-order chi connectivity index (χ1) is 13.6. The Bertz CT molecular complexity index is 748. The SMILES string of the molecule is CC(C)COc1nc(NC2CCC(OC(=O)NC(C)(C)C)CC2)c(F)cc1C#N. The number of carbonyl (C=O) groups is 1. The molecule has 0 unspecified atom stereocenters. The zero-order valence-electron chi connectivity index (χ0n) is 17.8. The van der Waals surface area contributed by atoms with Gasteiger partial charge in [0.05, 0.1) is 6.61 Å². The summed E-state index contributed by atoms with van der Waals surface area (Å²) in [4.78, 5) is 16.1. The summed E-state index contributed by atoms with van der Waals surface area (Å²) in [7, 11) is 0. The van der Waals surface area contributed by atoms with Gasteiger partial charge in [-0.15, -0.1) is 0 Å². The molecule has 0 spiro atoms. The Kier molecular flexibility index (Phi) is 7.66. The molecule has 1 aromatic heterocycles. The second-order valence-corrected chi connectivity index (χ2v) is 8.89. The third kappa shape index (κ3) is 7.41. The Hall–Kier alpha value is -2.56. The topological polar surface area (TPSA) is 96.3 Å². The number of hydrogen-bond donors (Lipinski definition) is 2. The first-order valence-electron chi connectivity index (χ1n) is 10.1. The van der Waals surface area contributed by atoms with Crippen LogP contribution in [0.5, 0.6) is 5.88 Å². The van der Waals surface area contributed by atoms with Crippen molar-refractivity contribution in [1.82, 2.24) is 10.3 Å². The van der Waals surface area contributed by atoms with Gasteiger partial charge in [0.15, 0.2) is 11.6 Å². The maximum atomic E-state index is 14.4. The number of rotatable bonds is 6. The molecule has 0 radical (unpaired) electrons. The van der Waals surface area contributed by atoms with Gasteiger partial charge >= 0.3 is 6.09 Å². The first-order valence-corrected chi connectivity index (χ1v) is 10.1. The predicted molar refractivity (Wildman–Crippen MR) is 108 cm³/mol. The van der Waals surface area contributed by atoms with Crippen LogP contribution in [0.25, 0.3) is 0 Å². The lowest BCUT2D eigenvalue weighted by Gasteiger charge is -2.30. The number of carbonyl (C=O) groups excluding carboxylic acids is 1. The fraction of sp³-hybridized carbons (Fsp3) is 0.667. The van der Waals surface area contributed by atoms with E-state index in [1.165, 1.54) is 0 Å². The van der Waals surface area contributed by atoms with Crippen LogP contribution in [0.15, 0.2) is 6.07 Å². The van der Waals surface area contributed by atoms with E-state index in [-0.39, 0.29) is 40.9 Å². The van der Waals surface area contributed by atoms with Crippen LogP contribution in [-0.2, 0) is 4.74 Å². The summed E-state index contributed by atoms with van der Waals surface area (Å²) in [5, 5.41) is 15.1. The molecule has 7 nitrogen and oxygen atoms in total. The molecule has 1 aliphatic rings. The van der Waals surface area contributed by atoms with Gasteiger partial charge in [0, 0.05) is 17.6 Å². The van der Waals surface area contributed by atoms with Crippen LogP contribution in [0.1, 0.15) is 65.9 Å². The van der Waals surface area contributed by atoms with Gasteiger partial charge in [-0.05, 0) is 52.4 Å². The van der Waals surface area contributed by atoms with E-state index < -0.39 is 11.9 Å². The van der Waals surface area contributed by atoms with Crippen molar-refractivity contribution in [3.05, 3.63) is 17.4 Å². The standard InChI is InChI=1S/C21H31FN4O3/c1-13(2)12-28-19-14(11-23)10-17(22)18(25-19)24-15-6-8-16(9-7-15)29-20(27)26-21(3,4)5/h10,13,15-16H,6-9,12H2,1-5H3,(H,24,25)(H,26,27). The number of ether oxygens (including phenoxy) is 2. The van der Waals surface area contributed by atoms with Gasteiger partial charge < -0.3 is 20.1 Å². The lowest BCUT2D eigenvalue weighted by molar-refractivity contribution is 0.0682. The maximum Gasteiger partial charge on any atom is 0.407 e. The van der Waals surface area contributed by atoms with Crippen molar-refractivity contribution in [2.24, 2.45) is 5.92 Å². The average Bonchev–Trinajstić information content (AvgIpc) is 2.61. The first kappa shape index (κ1) is 22.7. The Morgan fingerprint density at radius 1 is 1.34 bits per heavy atom. The molecule has 2 rings (SSSR count). The molecule has 0 atom stereocenters. The molecule has 1 heterocycles. The van der Waals surface area contributed by atoms with E-state index in [0.717, 1.165) is 18.9 Å². The summed E-state index contributed by atoms with van der Waals surface area (Å²) < 4.78 is 25.4. The Labute approximate surface area is 172 Å². The molecule has 1 saturated carbocycles. The summed E-state index contributed by atoms with van der Waals surface area (Å²) in [5.74, 6) is -0.101. The van der Waals surface area contributed by atoms with Gasteiger partial charge in [0.1, 0.15) is 17.7 Å². The Balaban J connectivity index is 1.93. The van der Waals surface area contributed by atoms with E-state index in [2.05, 4.69) is 15.6 Å². The molecule has 0 aromatic carbocycles. The third-order valence-corrected chi connectivity index (χ3v) is 4.38. The summed E-state index contributed by atoms with van der Waals surface area (Å²) in [6.45, 7) is 10.0. The Morgan fingerprint density at radius 2 is 2.00 bits per heavy atom. The quantitative estimate of drug-likeness (QED) is 0.728. The van der Waals surface area contributed by atoms with E-state index in [1.807, 2.05) is 40.7 Å². The molecule has 2 N–H and O–H groups in total. The number of hydrogen-bond acceptors (Lipinski definition) is 6. The maximum absolute atomic E-state index is 14.4. The second kappa shape index (κ2) is 9.77. The molecule has 0 bridgehead atoms. The molecule has 1 fully saturated rings. The van der Waals surface area contributed by atoms with Crippen LogP contribution in [-0.4, -0.2) is 35.4 Å². The molecule has 0 saturated heterocycles. The lowest BCUT2D eigenvalue weighted by Crippen LogP contribution is -2.43. The number of amides is 1. The molecule has 160 valence electrons. The lowest BCUT2D eigenvalue weighted by atomic mass is 9.93. The number of anilines is 1. The highest BCUT2D eigenvalue weighted by atomic mass is 19.1. The summed E-state index contributed by atoms with van der Waals surface area (Å²) >= 11 is 0. The number of pyridine rings is 1. The van der Waals surface area contributed by atoms with Crippen LogP contribution < -0.4 is 15.4 Å². The van der Waals surface area contributed by atoms with E-state index in [1.54, 1.807) is 0 Å². The number of nitrogens with zero attached hydrogens (tertiary/aromatic N) is 2. The largest absolute Gasteiger partial charge is 0.476 e. The van der Waals surface area contributed by atoms with Crippen molar-refractivity contribution in [3.8, 4) is 11.9 Å². The fourth-order valence-corrected chi connectivity index (χ4v) is 3.01. The van der Waals surface area contributed by atoms with Crippen molar-refractivity contribution in [1.29, 1.82) is 5.26 Å². The van der Waals surface area contributed by atoms with Crippen LogP contribution >= 0.6 is 0 Å². The highest BCUT2D eigenvalue weighted by Gasteiger charge is 2.26. The molecule has 0 aliphatic heterocycles. The monoisotopic (exact) mass is 406 g/mol. The minimum absolute atomic E-state index is 0.00779. The number of nitrogens with one attached hydrogen (secondary N) is 2. The molecule has 1 aliphatic carbocycles. The van der Waals surface area contributed by atoms with Gasteiger partial charge in [-0.3, -0.25) is 0 Å². The fourth-order valence-electron chi connectivity index (χ4n) is 3.01. The normalized spacial score (nSPS) is 19.4. The number of nitriles is 1. The van der Waals surface area contributed by atoms with Gasteiger partial charge in [-0.25, -0.2) is 9.18 Å². The van der Waals surface area contributed by atoms with Gasteiger partial charge in [0.2, 0.25) is 5.88 Å². The number of alkyl carbamates (subject to hydrolysis) is 1. The zero-order chi connectivity index (χ0) is 21.6. The van der Waals surface area contributed by atoms with Crippen molar-refractivity contribution in [3.63, 3.8) is 0 Å². The van der Waals surface area contributed by atoms with Crippen LogP contribution in [0.3, 0.4) is 0 Å². The van der Waals surface area contributed by atoms with E-state index in [9.17, 15) is 14.4 Å². The van der Waals surface area contributed by atoms with E-state index in [0.29, 0.717) is 19.4 Å². The van der Waals surface area contributed by atoms with Gasteiger partial charge in [0.25, 0.3) is 0 Å².